The molecule has 0 unspecified atom stereocenters. The van der Waals surface area contributed by atoms with E-state index in [2.05, 4.69) is 10.3 Å². The van der Waals surface area contributed by atoms with Gasteiger partial charge in [0.15, 0.2) is 5.13 Å². The molecule has 0 spiro atoms. The van der Waals surface area contributed by atoms with E-state index in [1.54, 1.807) is 0 Å². The largest absolute Gasteiger partial charge is 0.329 e. The number of hydrogen-bond donors (Lipinski definition) is 1. The number of thiazole rings is 1. The van der Waals surface area contributed by atoms with Gasteiger partial charge in [-0.15, -0.1) is 0 Å². The summed E-state index contributed by atoms with van der Waals surface area (Å²) in [5.41, 5.74) is 2.03. The maximum Gasteiger partial charge on any atom is 0.188 e. The van der Waals surface area contributed by atoms with Gasteiger partial charge < -0.3 is 5.32 Å². The zero-order valence-corrected chi connectivity index (χ0v) is 10.9. The van der Waals surface area contributed by atoms with Crippen molar-refractivity contribution in [3.63, 3.8) is 0 Å². The molecule has 0 radical (unpaired) electrons. The first-order valence-corrected chi connectivity index (χ1v) is 6.53. The average molecular weight is 276 g/mol. The fraction of sp³-hybridized carbons (Fsp3) is 0.0714. The lowest BCUT2D eigenvalue weighted by Crippen LogP contribution is -1.94. The van der Waals surface area contributed by atoms with Crippen molar-refractivity contribution in [2.45, 2.75) is 6.92 Å². The third-order valence-corrected chi connectivity index (χ3v) is 3.73. The van der Waals surface area contributed by atoms with E-state index in [1.807, 2.05) is 25.1 Å². The molecule has 2 nitrogen and oxygen atoms in total. The molecular weight excluding hydrogens is 266 g/mol. The number of aromatic nitrogens is 1. The van der Waals surface area contributed by atoms with E-state index in [0.29, 0.717) is 5.13 Å². The van der Waals surface area contributed by atoms with Gasteiger partial charge in [-0.2, -0.15) is 0 Å². The molecule has 0 aliphatic heterocycles. The highest BCUT2D eigenvalue weighted by Crippen LogP contribution is 2.30. The second-order valence-electron chi connectivity index (χ2n) is 4.19. The van der Waals surface area contributed by atoms with E-state index in [-0.39, 0.29) is 5.69 Å². The quantitative estimate of drug-likeness (QED) is 0.738. The molecule has 1 aromatic heterocycles. The van der Waals surface area contributed by atoms with Gasteiger partial charge in [0.25, 0.3) is 0 Å². The number of benzene rings is 2. The Kier molecular flexibility index (Phi) is 2.91. The molecule has 0 amide bonds. The van der Waals surface area contributed by atoms with Crippen LogP contribution in [0.3, 0.4) is 0 Å². The van der Waals surface area contributed by atoms with E-state index in [1.165, 1.54) is 11.3 Å². The van der Waals surface area contributed by atoms with Crippen LogP contribution < -0.4 is 5.32 Å². The topological polar surface area (TPSA) is 24.9 Å². The Morgan fingerprint density at radius 2 is 2.00 bits per heavy atom. The van der Waals surface area contributed by atoms with Gasteiger partial charge in [0.1, 0.15) is 11.6 Å². The van der Waals surface area contributed by atoms with Crippen molar-refractivity contribution < 1.29 is 8.78 Å². The van der Waals surface area contributed by atoms with E-state index < -0.39 is 11.6 Å². The second kappa shape index (κ2) is 4.59. The highest BCUT2D eigenvalue weighted by atomic mass is 32.1. The molecule has 1 heterocycles. The lowest BCUT2D eigenvalue weighted by Gasteiger charge is -2.03. The molecule has 0 aliphatic rings. The van der Waals surface area contributed by atoms with E-state index in [0.717, 1.165) is 34.0 Å². The van der Waals surface area contributed by atoms with Crippen LogP contribution in [0.15, 0.2) is 36.4 Å². The number of nitrogens with one attached hydrogen (secondary N) is 1. The Hall–Kier alpha value is -2.01. The SMILES string of the molecule is Cc1cccc2sc(Nc3cc(F)ccc3F)nc12. The Morgan fingerprint density at radius 3 is 2.79 bits per heavy atom. The van der Waals surface area contributed by atoms with Crippen molar-refractivity contribution in [2.75, 3.05) is 5.32 Å². The number of para-hydroxylation sites is 1. The molecule has 0 fully saturated rings. The molecule has 5 heteroatoms. The van der Waals surface area contributed by atoms with Crippen LogP contribution in [0.25, 0.3) is 10.2 Å². The number of fused-ring (bicyclic) bond motifs is 1. The first kappa shape index (κ1) is 12.0. The molecule has 3 aromatic rings. The minimum absolute atomic E-state index is 0.0942. The molecule has 0 aliphatic carbocycles. The lowest BCUT2D eigenvalue weighted by molar-refractivity contribution is 0.603. The maximum atomic E-state index is 13.5. The summed E-state index contributed by atoms with van der Waals surface area (Å²) < 4.78 is 27.6. The van der Waals surface area contributed by atoms with E-state index >= 15 is 0 Å². The summed E-state index contributed by atoms with van der Waals surface area (Å²) in [6.45, 7) is 1.97. The number of rotatable bonds is 2. The first-order valence-electron chi connectivity index (χ1n) is 5.72. The Balaban J connectivity index is 2.01. The molecular formula is C14H10F2N2S. The molecule has 1 N–H and O–H groups in total. The van der Waals surface area contributed by atoms with Crippen LogP contribution in [0, 0.1) is 18.6 Å². The smallest absolute Gasteiger partial charge is 0.188 e. The van der Waals surface area contributed by atoms with Crippen molar-refractivity contribution >= 4 is 32.4 Å². The number of anilines is 2. The van der Waals surface area contributed by atoms with Gasteiger partial charge in [-0.3, -0.25) is 0 Å². The van der Waals surface area contributed by atoms with Crippen LogP contribution in [-0.4, -0.2) is 4.98 Å². The molecule has 0 saturated heterocycles. The van der Waals surface area contributed by atoms with E-state index in [4.69, 9.17) is 0 Å². The monoisotopic (exact) mass is 276 g/mol. The second-order valence-corrected chi connectivity index (χ2v) is 5.22. The standard InChI is InChI=1S/C14H10F2N2S/c1-8-3-2-4-12-13(8)18-14(19-12)17-11-7-9(15)5-6-10(11)16/h2-7H,1H3,(H,17,18). The van der Waals surface area contributed by atoms with Crippen LogP contribution in [0.4, 0.5) is 19.6 Å². The zero-order chi connectivity index (χ0) is 13.4. The summed E-state index contributed by atoms with van der Waals surface area (Å²) in [7, 11) is 0. The van der Waals surface area contributed by atoms with Gasteiger partial charge in [-0.1, -0.05) is 23.5 Å². The van der Waals surface area contributed by atoms with Gasteiger partial charge in [-0.05, 0) is 30.7 Å². The Bertz CT molecular complexity index is 752. The van der Waals surface area contributed by atoms with Gasteiger partial charge in [0.05, 0.1) is 15.9 Å². The number of nitrogens with zero attached hydrogens (tertiary/aromatic N) is 1. The Morgan fingerprint density at radius 1 is 1.16 bits per heavy atom. The zero-order valence-electron chi connectivity index (χ0n) is 10.1. The predicted octanol–water partition coefficient (Wildman–Crippen LogP) is 4.63. The fourth-order valence-electron chi connectivity index (χ4n) is 1.85. The summed E-state index contributed by atoms with van der Waals surface area (Å²) in [6, 6.07) is 9.16. The summed E-state index contributed by atoms with van der Waals surface area (Å²) >= 11 is 1.41. The first-order chi connectivity index (χ1) is 9.13. The van der Waals surface area contributed by atoms with Gasteiger partial charge in [-0.25, -0.2) is 13.8 Å². The highest BCUT2D eigenvalue weighted by Gasteiger charge is 2.09. The minimum Gasteiger partial charge on any atom is -0.329 e. The molecule has 96 valence electrons. The molecule has 3 rings (SSSR count). The van der Waals surface area contributed by atoms with Crippen molar-refractivity contribution in [1.29, 1.82) is 0 Å². The van der Waals surface area contributed by atoms with Crippen molar-refractivity contribution in [1.82, 2.24) is 4.98 Å². The summed E-state index contributed by atoms with van der Waals surface area (Å²) in [5.74, 6) is -0.987. The molecule has 0 bridgehead atoms. The van der Waals surface area contributed by atoms with Crippen molar-refractivity contribution in [3.05, 3.63) is 53.6 Å². The van der Waals surface area contributed by atoms with Crippen molar-refractivity contribution in [2.24, 2.45) is 0 Å². The fourth-order valence-corrected chi connectivity index (χ4v) is 2.80. The number of aryl methyl sites for hydroxylation is 1. The minimum atomic E-state index is -0.502. The third-order valence-electron chi connectivity index (χ3n) is 2.79. The van der Waals surface area contributed by atoms with E-state index in [9.17, 15) is 8.78 Å². The maximum absolute atomic E-state index is 13.5. The van der Waals surface area contributed by atoms with Crippen LogP contribution in [0.5, 0.6) is 0 Å². The lowest BCUT2D eigenvalue weighted by atomic mass is 10.2. The summed E-state index contributed by atoms with van der Waals surface area (Å²) in [5, 5.41) is 3.37. The van der Waals surface area contributed by atoms with Crippen LogP contribution >= 0.6 is 11.3 Å². The summed E-state index contributed by atoms with van der Waals surface area (Å²) in [4.78, 5) is 4.40. The predicted molar refractivity (Wildman–Crippen MR) is 74.0 cm³/mol. The molecule has 19 heavy (non-hydrogen) atoms. The normalized spacial score (nSPS) is 10.9. The molecule has 0 atom stereocenters. The van der Waals surface area contributed by atoms with Crippen LogP contribution in [0.1, 0.15) is 5.56 Å². The summed E-state index contributed by atoms with van der Waals surface area (Å²) in [6.07, 6.45) is 0. The van der Waals surface area contributed by atoms with Crippen LogP contribution in [0.2, 0.25) is 0 Å². The third kappa shape index (κ3) is 2.29. The van der Waals surface area contributed by atoms with Gasteiger partial charge in [0.2, 0.25) is 0 Å². The number of hydrogen-bond acceptors (Lipinski definition) is 3. The van der Waals surface area contributed by atoms with Crippen molar-refractivity contribution in [3.8, 4) is 0 Å². The van der Waals surface area contributed by atoms with Gasteiger partial charge >= 0.3 is 0 Å². The van der Waals surface area contributed by atoms with Gasteiger partial charge in [0, 0.05) is 6.07 Å². The molecule has 2 aromatic carbocycles. The van der Waals surface area contributed by atoms with Crippen LogP contribution in [-0.2, 0) is 0 Å². The number of halogens is 2. The Labute approximate surface area is 112 Å². The molecule has 0 saturated carbocycles. The highest BCUT2D eigenvalue weighted by molar-refractivity contribution is 7.22. The average Bonchev–Trinajstić information content (AvgIpc) is 2.78.